The predicted octanol–water partition coefficient (Wildman–Crippen LogP) is -0.899. The summed E-state index contributed by atoms with van der Waals surface area (Å²) in [5.41, 5.74) is 0. The van der Waals surface area contributed by atoms with Crippen molar-refractivity contribution in [3.05, 3.63) is 0 Å². The van der Waals surface area contributed by atoms with Crippen LogP contribution >= 0.6 is 0 Å². The maximum atomic E-state index is 10.9. The summed E-state index contributed by atoms with van der Waals surface area (Å²) in [5.74, 6) is -1.26. The molecule has 0 aliphatic rings. The van der Waals surface area contributed by atoms with Gasteiger partial charge in [-0.1, -0.05) is 13.3 Å². The van der Waals surface area contributed by atoms with Crippen LogP contribution in [0.25, 0.3) is 0 Å². The molecular formula is C9H17NO6. The van der Waals surface area contributed by atoms with Gasteiger partial charge in [-0.25, -0.2) is 9.59 Å². The highest BCUT2D eigenvalue weighted by molar-refractivity contribution is 5.87. The highest BCUT2D eigenvalue weighted by atomic mass is 16.6. The van der Waals surface area contributed by atoms with Gasteiger partial charge in [0.2, 0.25) is 0 Å². The average molecular weight is 235 g/mol. The Morgan fingerprint density at radius 2 is 2.00 bits per heavy atom. The standard InChI is InChI=1S/C9H17NO6/c1-2-3-4-7(13)10-9(15)16-8(14)6(12)5-11/h6-7,11-13H,2-5H2,1H3,(H,10,15). The van der Waals surface area contributed by atoms with Crippen LogP contribution < -0.4 is 5.32 Å². The Bertz CT molecular complexity index is 232. The second kappa shape index (κ2) is 8.03. The Morgan fingerprint density at radius 3 is 2.50 bits per heavy atom. The smallest absolute Gasteiger partial charge is 0.393 e. The molecule has 4 N–H and O–H groups in total. The Morgan fingerprint density at radius 1 is 1.38 bits per heavy atom. The zero-order valence-corrected chi connectivity index (χ0v) is 9.05. The maximum absolute atomic E-state index is 10.9. The number of rotatable bonds is 6. The van der Waals surface area contributed by atoms with E-state index in [1.165, 1.54) is 0 Å². The molecule has 2 atom stereocenters. The lowest BCUT2D eigenvalue weighted by molar-refractivity contribution is -0.149. The summed E-state index contributed by atoms with van der Waals surface area (Å²) >= 11 is 0. The number of alkyl carbamates (subject to hydrolysis) is 1. The van der Waals surface area contributed by atoms with E-state index in [1.54, 1.807) is 0 Å². The lowest BCUT2D eigenvalue weighted by atomic mass is 10.2. The van der Waals surface area contributed by atoms with E-state index in [0.29, 0.717) is 12.8 Å². The van der Waals surface area contributed by atoms with Crippen LogP contribution in [0.15, 0.2) is 0 Å². The average Bonchev–Trinajstić information content (AvgIpc) is 2.24. The number of hydrogen-bond acceptors (Lipinski definition) is 6. The van der Waals surface area contributed by atoms with Gasteiger partial charge < -0.3 is 20.1 Å². The van der Waals surface area contributed by atoms with Crippen molar-refractivity contribution < 1.29 is 29.6 Å². The van der Waals surface area contributed by atoms with E-state index in [4.69, 9.17) is 10.2 Å². The van der Waals surface area contributed by atoms with Crippen molar-refractivity contribution in [2.45, 2.75) is 38.5 Å². The second-order valence-electron chi connectivity index (χ2n) is 3.21. The molecule has 0 rings (SSSR count). The van der Waals surface area contributed by atoms with Gasteiger partial charge in [-0.2, -0.15) is 0 Å². The largest absolute Gasteiger partial charge is 0.416 e. The van der Waals surface area contributed by atoms with E-state index < -0.39 is 31.0 Å². The van der Waals surface area contributed by atoms with Crippen LogP contribution in [0.5, 0.6) is 0 Å². The van der Waals surface area contributed by atoms with Crippen molar-refractivity contribution in [1.82, 2.24) is 5.32 Å². The van der Waals surface area contributed by atoms with Gasteiger partial charge in [0, 0.05) is 0 Å². The SMILES string of the molecule is CCCCC(O)NC(=O)OC(=O)C(O)CO. The fourth-order valence-electron chi connectivity index (χ4n) is 0.869. The second-order valence-corrected chi connectivity index (χ2v) is 3.21. The van der Waals surface area contributed by atoms with Gasteiger partial charge in [-0.3, -0.25) is 5.32 Å². The molecule has 0 aliphatic carbocycles. The number of carbonyl (C=O) groups excluding carboxylic acids is 2. The minimum atomic E-state index is -1.75. The van der Waals surface area contributed by atoms with Crippen LogP contribution in [0.4, 0.5) is 4.79 Å². The topological polar surface area (TPSA) is 116 Å². The molecule has 0 aromatic carbocycles. The number of unbranched alkanes of at least 4 members (excludes halogenated alkanes) is 1. The van der Waals surface area contributed by atoms with Crippen molar-refractivity contribution in [2.24, 2.45) is 0 Å². The molecule has 0 aromatic heterocycles. The van der Waals surface area contributed by atoms with Gasteiger partial charge in [0.15, 0.2) is 6.10 Å². The zero-order valence-electron chi connectivity index (χ0n) is 9.05. The number of hydrogen-bond donors (Lipinski definition) is 4. The first-order valence-electron chi connectivity index (χ1n) is 5.00. The molecule has 7 heteroatoms. The fourth-order valence-corrected chi connectivity index (χ4v) is 0.869. The number of aliphatic hydroxyl groups is 3. The highest BCUT2D eigenvalue weighted by Crippen LogP contribution is 1.98. The first-order valence-corrected chi connectivity index (χ1v) is 5.00. The molecule has 0 aromatic rings. The van der Waals surface area contributed by atoms with Gasteiger partial charge in [-0.15, -0.1) is 0 Å². The summed E-state index contributed by atoms with van der Waals surface area (Å²) in [7, 11) is 0. The van der Waals surface area contributed by atoms with E-state index in [-0.39, 0.29) is 0 Å². The molecule has 0 aliphatic heterocycles. The van der Waals surface area contributed by atoms with Gasteiger partial charge in [0.05, 0.1) is 6.61 Å². The van der Waals surface area contributed by atoms with Crippen LogP contribution in [0.3, 0.4) is 0 Å². The third kappa shape index (κ3) is 6.33. The Labute approximate surface area is 93.0 Å². The zero-order chi connectivity index (χ0) is 12.6. The van der Waals surface area contributed by atoms with Crippen molar-refractivity contribution in [3.8, 4) is 0 Å². The van der Waals surface area contributed by atoms with Crippen LogP contribution in [-0.4, -0.2) is 46.3 Å². The van der Waals surface area contributed by atoms with Crippen LogP contribution in [0.2, 0.25) is 0 Å². The van der Waals surface area contributed by atoms with Crippen LogP contribution in [-0.2, 0) is 9.53 Å². The first-order chi connectivity index (χ1) is 7.51. The van der Waals surface area contributed by atoms with Gasteiger partial charge in [0.1, 0.15) is 6.23 Å². The number of aliphatic hydroxyl groups excluding tert-OH is 3. The minimum absolute atomic E-state index is 0.350. The van der Waals surface area contributed by atoms with Crippen LogP contribution in [0, 0.1) is 0 Å². The van der Waals surface area contributed by atoms with E-state index in [9.17, 15) is 14.7 Å². The summed E-state index contributed by atoms with van der Waals surface area (Å²) in [6.07, 6.45) is -2.07. The molecule has 7 nitrogen and oxygen atoms in total. The third-order valence-electron chi connectivity index (χ3n) is 1.75. The Balaban J connectivity index is 3.85. The summed E-state index contributed by atoms with van der Waals surface area (Å²) in [4.78, 5) is 21.7. The Hall–Kier alpha value is -1.18. The highest BCUT2D eigenvalue weighted by Gasteiger charge is 2.20. The molecule has 0 heterocycles. The van der Waals surface area contributed by atoms with Gasteiger partial charge in [-0.05, 0) is 12.8 Å². The molecule has 2 unspecified atom stereocenters. The first kappa shape index (κ1) is 14.8. The monoisotopic (exact) mass is 235 g/mol. The van der Waals surface area contributed by atoms with E-state index in [0.717, 1.165) is 6.42 Å². The molecule has 0 fully saturated rings. The molecule has 0 radical (unpaired) electrons. The molecule has 1 amide bonds. The molecule has 94 valence electrons. The number of esters is 1. The normalized spacial score (nSPS) is 14.0. The fraction of sp³-hybridized carbons (Fsp3) is 0.778. The number of carbonyl (C=O) groups is 2. The summed E-state index contributed by atoms with van der Waals surface area (Å²) in [6, 6.07) is 0. The summed E-state index contributed by atoms with van der Waals surface area (Å²) in [6.45, 7) is 1.09. The molecule has 0 saturated carbocycles. The van der Waals surface area contributed by atoms with E-state index in [1.807, 2.05) is 12.2 Å². The van der Waals surface area contributed by atoms with Crippen molar-refractivity contribution in [3.63, 3.8) is 0 Å². The maximum Gasteiger partial charge on any atom is 0.416 e. The lowest BCUT2D eigenvalue weighted by Gasteiger charge is -2.12. The van der Waals surface area contributed by atoms with Gasteiger partial charge >= 0.3 is 12.1 Å². The van der Waals surface area contributed by atoms with E-state index >= 15 is 0 Å². The van der Waals surface area contributed by atoms with Crippen LogP contribution in [0.1, 0.15) is 26.2 Å². The lowest BCUT2D eigenvalue weighted by Crippen LogP contribution is -2.39. The summed E-state index contributed by atoms with van der Waals surface area (Å²) in [5, 5.41) is 28.4. The van der Waals surface area contributed by atoms with Crippen molar-refractivity contribution in [2.75, 3.05) is 6.61 Å². The van der Waals surface area contributed by atoms with Crippen molar-refractivity contribution in [1.29, 1.82) is 0 Å². The molecule has 16 heavy (non-hydrogen) atoms. The quantitative estimate of drug-likeness (QED) is 0.269. The number of nitrogens with one attached hydrogen (secondary N) is 1. The molecule has 0 spiro atoms. The molecular weight excluding hydrogens is 218 g/mol. The third-order valence-corrected chi connectivity index (χ3v) is 1.75. The molecule has 0 bridgehead atoms. The summed E-state index contributed by atoms with van der Waals surface area (Å²) < 4.78 is 4.09. The minimum Gasteiger partial charge on any atom is -0.393 e. The van der Waals surface area contributed by atoms with Crippen molar-refractivity contribution >= 4 is 12.1 Å². The van der Waals surface area contributed by atoms with E-state index in [2.05, 4.69) is 4.74 Å². The number of ether oxygens (including phenoxy) is 1. The van der Waals surface area contributed by atoms with Gasteiger partial charge in [0.25, 0.3) is 0 Å². The number of amides is 1. The predicted molar refractivity (Wildman–Crippen MR) is 53.2 cm³/mol. The molecule has 0 saturated heterocycles. The Kier molecular flexibility index (Phi) is 7.44.